The number of amides is 1. The number of ether oxygens (including phenoxy) is 1. The third-order valence-corrected chi connectivity index (χ3v) is 5.69. The summed E-state index contributed by atoms with van der Waals surface area (Å²) >= 11 is 2.84. The van der Waals surface area contributed by atoms with E-state index in [1.807, 2.05) is 37.3 Å². The zero-order chi connectivity index (χ0) is 19.2. The minimum atomic E-state index is -0.354. The van der Waals surface area contributed by atoms with Gasteiger partial charge in [0.05, 0.1) is 12.7 Å². The largest absolute Gasteiger partial charge is 0.465 e. The Balaban J connectivity index is 1.56. The molecule has 0 aliphatic rings. The van der Waals surface area contributed by atoms with Crippen LogP contribution in [-0.2, 0) is 10.5 Å². The number of carbonyl (C=O) groups excluding carboxylic acids is 2. The fraction of sp³-hybridized carbons (Fsp3) is 0.158. The number of anilines is 1. The van der Waals surface area contributed by atoms with Crippen LogP contribution in [0.4, 0.5) is 5.13 Å². The second-order valence-electron chi connectivity index (χ2n) is 5.67. The number of rotatable bonds is 6. The molecule has 1 heterocycles. The molecule has 0 radical (unpaired) electrons. The van der Waals surface area contributed by atoms with Crippen LogP contribution in [-0.4, -0.2) is 29.2 Å². The van der Waals surface area contributed by atoms with Crippen LogP contribution in [0.15, 0.2) is 52.9 Å². The van der Waals surface area contributed by atoms with Crippen LogP contribution in [0, 0.1) is 6.92 Å². The highest BCUT2D eigenvalue weighted by atomic mass is 32.2. The third-order valence-electron chi connectivity index (χ3n) is 3.64. The van der Waals surface area contributed by atoms with Gasteiger partial charge in [-0.15, -0.1) is 10.2 Å². The molecule has 2 aromatic carbocycles. The van der Waals surface area contributed by atoms with Gasteiger partial charge in [0.15, 0.2) is 4.34 Å². The molecule has 27 heavy (non-hydrogen) atoms. The Kier molecular flexibility index (Phi) is 6.20. The molecular formula is C19H17N3O3S2. The van der Waals surface area contributed by atoms with Crippen LogP contribution in [0.25, 0.3) is 0 Å². The number of thioether (sulfide) groups is 1. The van der Waals surface area contributed by atoms with Crippen LogP contribution >= 0.6 is 23.1 Å². The molecule has 0 aliphatic heterocycles. The summed E-state index contributed by atoms with van der Waals surface area (Å²) in [5.74, 6) is 0.124. The van der Waals surface area contributed by atoms with Crippen molar-refractivity contribution in [2.45, 2.75) is 17.0 Å². The number of aryl methyl sites for hydroxylation is 1. The van der Waals surface area contributed by atoms with Gasteiger partial charge in [0, 0.05) is 11.3 Å². The van der Waals surface area contributed by atoms with Gasteiger partial charge in [-0.25, -0.2) is 4.79 Å². The van der Waals surface area contributed by atoms with Crippen LogP contribution < -0.4 is 5.32 Å². The van der Waals surface area contributed by atoms with Gasteiger partial charge in [-0.2, -0.15) is 0 Å². The summed E-state index contributed by atoms with van der Waals surface area (Å²) in [4.78, 5) is 23.7. The minimum Gasteiger partial charge on any atom is -0.465 e. The van der Waals surface area contributed by atoms with E-state index in [-0.39, 0.29) is 11.9 Å². The van der Waals surface area contributed by atoms with Gasteiger partial charge in [0.25, 0.3) is 5.91 Å². The average Bonchev–Trinajstić information content (AvgIpc) is 3.13. The van der Waals surface area contributed by atoms with Gasteiger partial charge in [-0.3, -0.25) is 10.1 Å². The van der Waals surface area contributed by atoms with Crippen LogP contribution in [0.2, 0.25) is 0 Å². The Hall–Kier alpha value is -2.71. The summed E-state index contributed by atoms with van der Waals surface area (Å²) < 4.78 is 5.44. The van der Waals surface area contributed by atoms with Crippen LogP contribution in [0.3, 0.4) is 0 Å². The molecule has 0 bridgehead atoms. The lowest BCUT2D eigenvalue weighted by atomic mass is 10.1. The van der Waals surface area contributed by atoms with Crippen molar-refractivity contribution in [1.82, 2.24) is 10.2 Å². The zero-order valence-electron chi connectivity index (χ0n) is 14.8. The van der Waals surface area contributed by atoms with Crippen molar-refractivity contribution >= 4 is 40.1 Å². The van der Waals surface area contributed by atoms with E-state index in [9.17, 15) is 9.59 Å². The maximum Gasteiger partial charge on any atom is 0.337 e. The van der Waals surface area contributed by atoms with E-state index in [2.05, 4.69) is 20.3 Å². The molecule has 1 N–H and O–H groups in total. The smallest absolute Gasteiger partial charge is 0.337 e. The summed E-state index contributed by atoms with van der Waals surface area (Å²) in [6, 6.07) is 14.6. The molecule has 0 spiro atoms. The normalized spacial score (nSPS) is 10.4. The number of nitrogens with one attached hydrogen (secondary N) is 1. The van der Waals surface area contributed by atoms with E-state index < -0.39 is 0 Å². The van der Waals surface area contributed by atoms with Crippen molar-refractivity contribution in [1.29, 1.82) is 0 Å². The van der Waals surface area contributed by atoms with E-state index in [1.165, 1.54) is 30.2 Å². The van der Waals surface area contributed by atoms with Gasteiger partial charge in [-0.05, 0) is 36.8 Å². The topological polar surface area (TPSA) is 81.2 Å². The highest BCUT2D eigenvalue weighted by Gasteiger charge is 2.11. The molecule has 1 aromatic heterocycles. The number of hydrogen-bond acceptors (Lipinski definition) is 7. The second kappa shape index (κ2) is 8.79. The van der Waals surface area contributed by atoms with Gasteiger partial charge in [0.2, 0.25) is 5.13 Å². The first-order valence-corrected chi connectivity index (χ1v) is 9.87. The molecule has 0 aliphatic carbocycles. The lowest BCUT2D eigenvalue weighted by molar-refractivity contribution is 0.0600. The molecule has 8 heteroatoms. The fourth-order valence-electron chi connectivity index (χ4n) is 2.27. The average molecular weight is 399 g/mol. The van der Waals surface area contributed by atoms with E-state index in [0.717, 1.165) is 15.5 Å². The summed E-state index contributed by atoms with van der Waals surface area (Å²) in [7, 11) is 1.36. The van der Waals surface area contributed by atoms with Crippen molar-refractivity contribution < 1.29 is 14.3 Å². The van der Waals surface area contributed by atoms with E-state index in [4.69, 9.17) is 0 Å². The summed E-state index contributed by atoms with van der Waals surface area (Å²) in [6.45, 7) is 1.94. The Bertz CT molecular complexity index is 955. The lowest BCUT2D eigenvalue weighted by Gasteiger charge is -2.02. The first kappa shape index (κ1) is 19.1. The van der Waals surface area contributed by atoms with Crippen molar-refractivity contribution in [2.24, 2.45) is 0 Å². The predicted molar refractivity (Wildman–Crippen MR) is 106 cm³/mol. The number of nitrogens with zero attached hydrogens (tertiary/aromatic N) is 2. The molecule has 0 fully saturated rings. The number of aromatic nitrogens is 2. The Labute approximate surface area is 165 Å². The van der Waals surface area contributed by atoms with E-state index in [0.29, 0.717) is 22.0 Å². The molecule has 0 unspecified atom stereocenters. The predicted octanol–water partition coefficient (Wildman–Crippen LogP) is 4.18. The quantitative estimate of drug-likeness (QED) is 0.380. The lowest BCUT2D eigenvalue weighted by Crippen LogP contribution is -2.11. The molecule has 3 aromatic rings. The maximum atomic E-state index is 12.2. The number of benzene rings is 2. The Morgan fingerprint density at radius 2 is 1.89 bits per heavy atom. The van der Waals surface area contributed by atoms with Crippen molar-refractivity contribution in [3.63, 3.8) is 0 Å². The highest BCUT2D eigenvalue weighted by Crippen LogP contribution is 2.28. The van der Waals surface area contributed by atoms with Gasteiger partial charge < -0.3 is 4.74 Å². The van der Waals surface area contributed by atoms with Crippen LogP contribution in [0.5, 0.6) is 0 Å². The van der Waals surface area contributed by atoms with Crippen molar-refractivity contribution in [3.8, 4) is 0 Å². The summed E-state index contributed by atoms with van der Waals surface area (Å²) in [5, 5.41) is 11.4. The molecule has 6 nitrogen and oxygen atoms in total. The molecule has 3 rings (SSSR count). The number of methoxy groups -OCH3 is 1. The molecular weight excluding hydrogens is 382 g/mol. The molecule has 1 amide bonds. The fourth-order valence-corrected chi connectivity index (χ4v) is 3.98. The first-order valence-electron chi connectivity index (χ1n) is 8.07. The number of carbonyl (C=O) groups is 2. The van der Waals surface area contributed by atoms with Gasteiger partial charge >= 0.3 is 5.97 Å². The third kappa shape index (κ3) is 5.15. The molecule has 0 saturated heterocycles. The zero-order valence-corrected chi connectivity index (χ0v) is 16.4. The Morgan fingerprint density at radius 1 is 1.11 bits per heavy atom. The highest BCUT2D eigenvalue weighted by molar-refractivity contribution is 8.00. The number of esters is 1. The molecule has 138 valence electrons. The van der Waals surface area contributed by atoms with Gasteiger partial charge in [-0.1, -0.05) is 52.9 Å². The SMILES string of the molecule is COC(=O)c1ccc(CSc2nnc(NC(=O)c3cccc(C)c3)s2)cc1. The molecule has 0 atom stereocenters. The van der Waals surface area contributed by atoms with Crippen molar-refractivity contribution in [2.75, 3.05) is 12.4 Å². The Morgan fingerprint density at radius 3 is 2.59 bits per heavy atom. The monoisotopic (exact) mass is 399 g/mol. The van der Waals surface area contributed by atoms with E-state index in [1.54, 1.807) is 18.2 Å². The summed E-state index contributed by atoms with van der Waals surface area (Å²) in [6.07, 6.45) is 0. The minimum absolute atomic E-state index is 0.204. The molecule has 0 saturated carbocycles. The first-order chi connectivity index (χ1) is 13.0. The standard InChI is InChI=1S/C19H17N3O3S2/c1-12-4-3-5-15(10-12)16(23)20-18-21-22-19(27-18)26-11-13-6-8-14(9-7-13)17(24)25-2/h3-10H,11H2,1-2H3,(H,20,21,23). The second-order valence-corrected chi connectivity index (χ2v) is 7.87. The van der Waals surface area contributed by atoms with Crippen molar-refractivity contribution in [3.05, 3.63) is 70.8 Å². The van der Waals surface area contributed by atoms with Gasteiger partial charge in [0.1, 0.15) is 0 Å². The number of hydrogen-bond donors (Lipinski definition) is 1. The van der Waals surface area contributed by atoms with Crippen LogP contribution in [0.1, 0.15) is 31.8 Å². The maximum absolute atomic E-state index is 12.2. The van der Waals surface area contributed by atoms with E-state index >= 15 is 0 Å². The summed E-state index contributed by atoms with van der Waals surface area (Å²) in [5.41, 5.74) is 3.18.